The van der Waals surface area contributed by atoms with Crippen molar-refractivity contribution in [2.75, 3.05) is 7.11 Å². The first kappa shape index (κ1) is 14.0. The lowest BCUT2D eigenvalue weighted by atomic mass is 10.1. The number of ether oxygens (including phenoxy) is 1. The zero-order valence-corrected chi connectivity index (χ0v) is 12.5. The van der Waals surface area contributed by atoms with Crippen LogP contribution in [0.2, 0.25) is 5.02 Å². The van der Waals surface area contributed by atoms with E-state index in [2.05, 4.69) is 0 Å². The van der Waals surface area contributed by atoms with E-state index in [-0.39, 0.29) is 0 Å². The maximum atomic E-state index is 10.6. The Morgan fingerprint density at radius 3 is 2.67 bits per heavy atom. The highest BCUT2D eigenvalue weighted by atomic mass is 35.5. The summed E-state index contributed by atoms with van der Waals surface area (Å²) in [4.78, 5) is 0. The molecule has 3 nitrogen and oxygen atoms in total. The molecule has 3 aromatic rings. The van der Waals surface area contributed by atoms with Crippen LogP contribution in [-0.4, -0.2) is 12.2 Å². The number of benzene rings is 2. The average molecular weight is 303 g/mol. The second kappa shape index (κ2) is 5.43. The average Bonchev–Trinajstić information content (AvgIpc) is 2.92. The van der Waals surface area contributed by atoms with Crippen LogP contribution in [0.3, 0.4) is 0 Å². The van der Waals surface area contributed by atoms with Crippen molar-refractivity contribution in [2.45, 2.75) is 13.0 Å². The van der Waals surface area contributed by atoms with Crippen LogP contribution in [0.15, 0.2) is 46.9 Å². The van der Waals surface area contributed by atoms with Crippen molar-refractivity contribution < 1.29 is 14.3 Å². The molecule has 0 bridgehead atoms. The Morgan fingerprint density at radius 1 is 1.19 bits per heavy atom. The zero-order chi connectivity index (χ0) is 15.0. The van der Waals surface area contributed by atoms with Crippen molar-refractivity contribution in [3.8, 4) is 5.75 Å². The Balaban J connectivity index is 2.13. The fraction of sp³-hybridized carbons (Fsp3) is 0.176. The van der Waals surface area contributed by atoms with Crippen LogP contribution in [0.1, 0.15) is 23.0 Å². The van der Waals surface area contributed by atoms with Crippen LogP contribution >= 0.6 is 11.6 Å². The van der Waals surface area contributed by atoms with Crippen LogP contribution in [-0.2, 0) is 0 Å². The molecule has 4 heteroatoms. The van der Waals surface area contributed by atoms with E-state index >= 15 is 0 Å². The van der Waals surface area contributed by atoms with Gasteiger partial charge in [0.25, 0.3) is 0 Å². The van der Waals surface area contributed by atoms with Gasteiger partial charge in [-0.15, -0.1) is 0 Å². The summed E-state index contributed by atoms with van der Waals surface area (Å²) in [6.45, 7) is 1.97. The molecule has 0 fully saturated rings. The van der Waals surface area contributed by atoms with E-state index in [4.69, 9.17) is 20.8 Å². The molecule has 0 aliphatic rings. The highest BCUT2D eigenvalue weighted by Gasteiger charge is 2.22. The molecular weight excluding hydrogens is 288 g/mol. The molecule has 0 amide bonds. The topological polar surface area (TPSA) is 42.6 Å². The monoisotopic (exact) mass is 302 g/mol. The van der Waals surface area contributed by atoms with Crippen molar-refractivity contribution in [2.24, 2.45) is 0 Å². The number of aryl methyl sites for hydroxylation is 1. The summed E-state index contributed by atoms with van der Waals surface area (Å²) in [5, 5.41) is 12.0. The van der Waals surface area contributed by atoms with E-state index in [1.807, 2.05) is 31.2 Å². The molecule has 1 heterocycles. The number of rotatable bonds is 3. The fourth-order valence-electron chi connectivity index (χ4n) is 2.47. The maximum absolute atomic E-state index is 10.6. The number of methoxy groups -OCH3 is 1. The lowest BCUT2D eigenvalue weighted by Crippen LogP contribution is -2.02. The first-order valence-corrected chi connectivity index (χ1v) is 6.99. The van der Waals surface area contributed by atoms with E-state index in [1.54, 1.807) is 25.3 Å². The van der Waals surface area contributed by atoms with Gasteiger partial charge in [0.15, 0.2) is 0 Å². The molecule has 1 unspecified atom stereocenters. The summed E-state index contributed by atoms with van der Waals surface area (Å²) in [7, 11) is 1.55. The van der Waals surface area contributed by atoms with Crippen molar-refractivity contribution >= 4 is 22.6 Å². The molecule has 1 N–H and O–H groups in total. The van der Waals surface area contributed by atoms with E-state index in [0.717, 1.165) is 16.5 Å². The number of para-hydroxylation sites is 1. The van der Waals surface area contributed by atoms with Gasteiger partial charge in [-0.3, -0.25) is 0 Å². The van der Waals surface area contributed by atoms with Gasteiger partial charge < -0.3 is 14.3 Å². The van der Waals surface area contributed by atoms with Gasteiger partial charge in [-0.2, -0.15) is 0 Å². The van der Waals surface area contributed by atoms with Crippen molar-refractivity contribution in [1.82, 2.24) is 0 Å². The van der Waals surface area contributed by atoms with E-state index < -0.39 is 6.10 Å². The molecule has 21 heavy (non-hydrogen) atoms. The quantitative estimate of drug-likeness (QED) is 0.775. The second-order valence-corrected chi connectivity index (χ2v) is 5.31. The van der Waals surface area contributed by atoms with E-state index in [0.29, 0.717) is 22.1 Å². The molecule has 0 spiro atoms. The Labute approximate surface area is 127 Å². The summed E-state index contributed by atoms with van der Waals surface area (Å²) in [6, 6.07) is 13.0. The molecule has 1 aromatic heterocycles. The van der Waals surface area contributed by atoms with E-state index in [1.165, 1.54) is 0 Å². The summed E-state index contributed by atoms with van der Waals surface area (Å²) >= 11 is 6.20. The standard InChI is InChI=1S/C17H15ClO3/c1-10-5-3-6-11-9-14(21-17(10)11)16(19)15-12(18)7-4-8-13(15)20-2/h3-9,16,19H,1-2H3. The molecule has 0 saturated carbocycles. The number of hydrogen-bond donors (Lipinski definition) is 1. The molecular formula is C17H15ClO3. The first-order valence-electron chi connectivity index (χ1n) is 6.61. The van der Waals surface area contributed by atoms with Crippen LogP contribution in [0.5, 0.6) is 5.75 Å². The maximum Gasteiger partial charge on any atom is 0.142 e. The highest BCUT2D eigenvalue weighted by Crippen LogP contribution is 2.37. The second-order valence-electron chi connectivity index (χ2n) is 4.90. The molecule has 3 rings (SSSR count). The number of halogens is 1. The number of aliphatic hydroxyl groups excluding tert-OH is 1. The van der Waals surface area contributed by atoms with E-state index in [9.17, 15) is 5.11 Å². The van der Waals surface area contributed by atoms with Crippen molar-refractivity contribution in [1.29, 1.82) is 0 Å². The molecule has 0 saturated heterocycles. The van der Waals surface area contributed by atoms with Crippen LogP contribution < -0.4 is 4.74 Å². The molecule has 2 aromatic carbocycles. The third kappa shape index (κ3) is 2.39. The van der Waals surface area contributed by atoms with Gasteiger partial charge in [-0.05, 0) is 30.7 Å². The largest absolute Gasteiger partial charge is 0.496 e. The zero-order valence-electron chi connectivity index (χ0n) is 11.8. The van der Waals surface area contributed by atoms with Gasteiger partial charge >= 0.3 is 0 Å². The Hall–Kier alpha value is -1.97. The lowest BCUT2D eigenvalue weighted by Gasteiger charge is -2.14. The minimum absolute atomic E-state index is 0.444. The molecule has 0 radical (unpaired) electrons. The lowest BCUT2D eigenvalue weighted by molar-refractivity contribution is 0.188. The van der Waals surface area contributed by atoms with Gasteiger partial charge in [0.05, 0.1) is 12.1 Å². The molecule has 108 valence electrons. The molecule has 1 atom stereocenters. The Morgan fingerprint density at radius 2 is 1.95 bits per heavy atom. The number of aliphatic hydroxyl groups is 1. The van der Waals surface area contributed by atoms with Crippen LogP contribution in [0.25, 0.3) is 11.0 Å². The van der Waals surface area contributed by atoms with Gasteiger partial charge in [0.2, 0.25) is 0 Å². The van der Waals surface area contributed by atoms with Crippen molar-refractivity contribution in [3.63, 3.8) is 0 Å². The Bertz CT molecular complexity index is 792. The smallest absolute Gasteiger partial charge is 0.142 e. The van der Waals surface area contributed by atoms with Gasteiger partial charge in [-0.1, -0.05) is 35.9 Å². The summed E-state index contributed by atoms with van der Waals surface area (Å²) in [5.74, 6) is 0.984. The minimum atomic E-state index is -0.972. The van der Waals surface area contributed by atoms with Crippen LogP contribution in [0.4, 0.5) is 0 Å². The third-order valence-electron chi connectivity index (χ3n) is 3.54. The predicted molar refractivity (Wildman–Crippen MR) is 83.0 cm³/mol. The Kier molecular flexibility index (Phi) is 3.62. The minimum Gasteiger partial charge on any atom is -0.496 e. The van der Waals surface area contributed by atoms with Crippen molar-refractivity contribution in [3.05, 3.63) is 64.4 Å². The third-order valence-corrected chi connectivity index (χ3v) is 3.87. The molecule has 0 aliphatic heterocycles. The normalized spacial score (nSPS) is 12.6. The highest BCUT2D eigenvalue weighted by molar-refractivity contribution is 6.31. The summed E-state index contributed by atoms with van der Waals surface area (Å²) in [5.41, 5.74) is 2.31. The first-order chi connectivity index (χ1) is 10.1. The van der Waals surface area contributed by atoms with Crippen LogP contribution in [0, 0.1) is 6.92 Å². The SMILES string of the molecule is COc1cccc(Cl)c1C(O)c1cc2cccc(C)c2o1. The summed E-state index contributed by atoms with van der Waals surface area (Å²) in [6.07, 6.45) is -0.972. The summed E-state index contributed by atoms with van der Waals surface area (Å²) < 4.78 is 11.1. The van der Waals surface area contributed by atoms with Gasteiger partial charge in [0, 0.05) is 10.9 Å². The number of hydrogen-bond acceptors (Lipinski definition) is 3. The fourth-order valence-corrected chi connectivity index (χ4v) is 2.74. The molecule has 0 aliphatic carbocycles. The van der Waals surface area contributed by atoms with Gasteiger partial charge in [-0.25, -0.2) is 0 Å². The predicted octanol–water partition coefficient (Wildman–Crippen LogP) is 4.48. The number of furan rings is 1. The van der Waals surface area contributed by atoms with Gasteiger partial charge in [0.1, 0.15) is 23.2 Å². The number of fused-ring (bicyclic) bond motifs is 1.